The molecule has 0 aromatic heterocycles. The summed E-state index contributed by atoms with van der Waals surface area (Å²) < 4.78 is 56.7. The minimum absolute atomic E-state index is 0.0965. The quantitative estimate of drug-likeness (QED) is 0.398. The third-order valence-corrected chi connectivity index (χ3v) is 5.90. The van der Waals surface area contributed by atoms with E-state index in [4.69, 9.17) is 14.2 Å². The Morgan fingerprint density at radius 1 is 0.833 bits per heavy atom. The lowest BCUT2D eigenvalue weighted by atomic mass is 9.86. The summed E-state index contributed by atoms with van der Waals surface area (Å²) in [6.07, 6.45) is 0.259. The maximum atomic E-state index is 12.4. The van der Waals surface area contributed by atoms with Crippen molar-refractivity contribution in [3.8, 4) is 11.5 Å². The van der Waals surface area contributed by atoms with Crippen LogP contribution in [0.25, 0.3) is 0 Å². The fourth-order valence-electron chi connectivity index (χ4n) is 4.20. The van der Waals surface area contributed by atoms with E-state index in [1.165, 1.54) is 12.1 Å². The van der Waals surface area contributed by atoms with Gasteiger partial charge in [-0.1, -0.05) is 0 Å². The van der Waals surface area contributed by atoms with Gasteiger partial charge in [0.1, 0.15) is 17.6 Å². The van der Waals surface area contributed by atoms with Crippen molar-refractivity contribution < 1.29 is 41.7 Å². The van der Waals surface area contributed by atoms with Gasteiger partial charge in [-0.15, -0.1) is 13.2 Å². The van der Waals surface area contributed by atoms with Gasteiger partial charge < -0.3 is 18.9 Å². The van der Waals surface area contributed by atoms with E-state index in [2.05, 4.69) is 4.74 Å². The van der Waals surface area contributed by atoms with Crippen LogP contribution in [0.1, 0.15) is 44.9 Å². The second-order valence-electron chi connectivity index (χ2n) is 8.07. The van der Waals surface area contributed by atoms with Gasteiger partial charge >= 0.3 is 18.3 Å². The summed E-state index contributed by atoms with van der Waals surface area (Å²) in [6, 6.07) is 4.69. The van der Waals surface area contributed by atoms with Gasteiger partial charge in [0.25, 0.3) is 0 Å². The Balaban J connectivity index is 1.20. The number of hydrogen-bond acceptors (Lipinski definition) is 6. The Morgan fingerprint density at radius 2 is 1.47 bits per heavy atom. The van der Waals surface area contributed by atoms with Gasteiger partial charge in [-0.2, -0.15) is 0 Å². The zero-order valence-corrected chi connectivity index (χ0v) is 16.2. The number of epoxide rings is 1. The molecule has 0 bridgehead atoms. The lowest BCUT2D eigenvalue weighted by molar-refractivity contribution is -0.274. The van der Waals surface area contributed by atoms with Crippen molar-refractivity contribution in [2.45, 2.75) is 69.6 Å². The third-order valence-electron chi connectivity index (χ3n) is 5.90. The van der Waals surface area contributed by atoms with Gasteiger partial charge in [0.2, 0.25) is 0 Å². The first-order chi connectivity index (χ1) is 14.3. The summed E-state index contributed by atoms with van der Waals surface area (Å²) in [6.45, 7) is 0. The fourth-order valence-corrected chi connectivity index (χ4v) is 4.20. The van der Waals surface area contributed by atoms with Gasteiger partial charge in [0, 0.05) is 0 Å². The molecule has 1 aliphatic heterocycles. The molecule has 30 heavy (non-hydrogen) atoms. The van der Waals surface area contributed by atoms with E-state index in [-0.39, 0.29) is 41.5 Å². The smallest absolute Gasteiger partial charge is 0.462 e. The van der Waals surface area contributed by atoms with E-state index in [0.717, 1.165) is 31.4 Å². The number of hydrogen-bond donors (Lipinski definition) is 0. The predicted molar refractivity (Wildman–Crippen MR) is 96.6 cm³/mol. The molecule has 3 aliphatic rings. The fraction of sp³-hybridized carbons (Fsp3) is 0.619. The monoisotopic (exact) mass is 428 g/mol. The molecule has 1 aromatic rings. The van der Waals surface area contributed by atoms with E-state index in [1.807, 2.05) is 0 Å². The van der Waals surface area contributed by atoms with E-state index in [9.17, 15) is 22.8 Å². The average molecular weight is 428 g/mol. The second kappa shape index (κ2) is 8.45. The van der Waals surface area contributed by atoms with Crippen LogP contribution in [0.15, 0.2) is 24.3 Å². The van der Waals surface area contributed by atoms with Crippen molar-refractivity contribution in [2.75, 3.05) is 0 Å². The van der Waals surface area contributed by atoms with Crippen molar-refractivity contribution in [2.24, 2.45) is 11.8 Å². The summed E-state index contributed by atoms with van der Waals surface area (Å²) in [5.74, 6) is -1.26. The zero-order valence-electron chi connectivity index (χ0n) is 16.2. The molecular formula is C21H23F3O6. The molecule has 1 saturated heterocycles. The molecular weight excluding hydrogens is 405 g/mol. The van der Waals surface area contributed by atoms with Crippen LogP contribution >= 0.6 is 0 Å². The zero-order chi connectivity index (χ0) is 21.3. The lowest BCUT2D eigenvalue weighted by Crippen LogP contribution is -2.32. The van der Waals surface area contributed by atoms with Crippen LogP contribution < -0.4 is 9.47 Å². The Bertz CT molecular complexity index is 770. The summed E-state index contributed by atoms with van der Waals surface area (Å²) in [5, 5.41) is 0. The Kier molecular flexibility index (Phi) is 5.90. The van der Waals surface area contributed by atoms with Crippen molar-refractivity contribution in [3.63, 3.8) is 0 Å². The standard InChI is InChI=1S/C21H23F3O6/c22-21(23,24)30-16-8-6-15(7-9-16)27-19(25)12-1-4-14(5-2-12)28-20(26)13-3-10-17-18(11-13)29-17/h6-9,12-14,17-18H,1-5,10-11H2. The summed E-state index contributed by atoms with van der Waals surface area (Å²) in [4.78, 5) is 24.7. The van der Waals surface area contributed by atoms with Crippen molar-refractivity contribution in [1.82, 2.24) is 0 Å². The molecule has 164 valence electrons. The van der Waals surface area contributed by atoms with E-state index >= 15 is 0 Å². The molecule has 1 heterocycles. The molecule has 3 atom stereocenters. The van der Waals surface area contributed by atoms with Crippen LogP contribution in [-0.2, 0) is 19.1 Å². The highest BCUT2D eigenvalue weighted by molar-refractivity contribution is 5.75. The second-order valence-corrected chi connectivity index (χ2v) is 8.07. The maximum Gasteiger partial charge on any atom is 0.573 e. The van der Waals surface area contributed by atoms with E-state index < -0.39 is 12.3 Å². The first-order valence-corrected chi connectivity index (χ1v) is 10.2. The van der Waals surface area contributed by atoms with E-state index in [0.29, 0.717) is 31.8 Å². The number of alkyl halides is 3. The SMILES string of the molecule is O=C(Oc1ccc(OC(F)(F)F)cc1)C1CCC(OC(=O)C2CCC3OC3C2)CC1. The third kappa shape index (κ3) is 5.44. The Labute approximate surface area is 171 Å². The number of benzene rings is 1. The predicted octanol–water partition coefficient (Wildman–Crippen LogP) is 4.16. The largest absolute Gasteiger partial charge is 0.573 e. The molecule has 4 rings (SSSR count). The van der Waals surface area contributed by atoms with Crippen LogP contribution in [0.3, 0.4) is 0 Å². The maximum absolute atomic E-state index is 12.4. The molecule has 6 nitrogen and oxygen atoms in total. The number of ether oxygens (including phenoxy) is 4. The number of fused-ring (bicyclic) bond motifs is 1. The van der Waals surface area contributed by atoms with Crippen LogP contribution in [-0.4, -0.2) is 36.6 Å². The van der Waals surface area contributed by atoms with Crippen molar-refractivity contribution in [3.05, 3.63) is 24.3 Å². The number of esters is 2. The van der Waals surface area contributed by atoms with Crippen LogP contribution in [0.2, 0.25) is 0 Å². The van der Waals surface area contributed by atoms with Gasteiger partial charge in [0.15, 0.2) is 0 Å². The number of halogens is 3. The van der Waals surface area contributed by atoms with Gasteiger partial charge in [-0.25, -0.2) is 0 Å². The van der Waals surface area contributed by atoms with Crippen LogP contribution in [0.4, 0.5) is 13.2 Å². The molecule has 2 aliphatic carbocycles. The Hall–Kier alpha value is -2.29. The van der Waals surface area contributed by atoms with E-state index in [1.54, 1.807) is 0 Å². The highest BCUT2D eigenvalue weighted by Crippen LogP contribution is 2.40. The molecule has 1 aromatic carbocycles. The molecule has 0 amide bonds. The first-order valence-electron chi connectivity index (χ1n) is 10.2. The normalized spacial score (nSPS) is 30.7. The minimum atomic E-state index is -4.77. The Morgan fingerprint density at radius 3 is 2.10 bits per heavy atom. The summed E-state index contributed by atoms with van der Waals surface area (Å²) >= 11 is 0. The van der Waals surface area contributed by atoms with Gasteiger partial charge in [-0.05, 0) is 69.2 Å². The molecule has 0 spiro atoms. The summed E-state index contributed by atoms with van der Waals surface area (Å²) in [5.41, 5.74) is 0. The highest BCUT2D eigenvalue weighted by atomic mass is 19.4. The van der Waals surface area contributed by atoms with Crippen LogP contribution in [0.5, 0.6) is 11.5 Å². The molecule has 2 saturated carbocycles. The van der Waals surface area contributed by atoms with Crippen LogP contribution in [0, 0.1) is 11.8 Å². The average Bonchev–Trinajstić information content (AvgIpc) is 3.47. The topological polar surface area (TPSA) is 74.4 Å². The highest BCUT2D eigenvalue weighted by Gasteiger charge is 2.46. The number of rotatable bonds is 5. The number of carbonyl (C=O) groups excluding carboxylic acids is 2. The number of carbonyl (C=O) groups is 2. The van der Waals surface area contributed by atoms with Gasteiger partial charge in [-0.3, -0.25) is 9.59 Å². The van der Waals surface area contributed by atoms with Gasteiger partial charge in [0.05, 0.1) is 24.0 Å². The first kappa shape index (κ1) is 21.0. The van der Waals surface area contributed by atoms with Crippen molar-refractivity contribution >= 4 is 11.9 Å². The molecule has 0 N–H and O–H groups in total. The minimum Gasteiger partial charge on any atom is -0.462 e. The lowest BCUT2D eigenvalue weighted by Gasteiger charge is -2.28. The summed E-state index contributed by atoms with van der Waals surface area (Å²) in [7, 11) is 0. The molecule has 3 unspecified atom stereocenters. The molecule has 0 radical (unpaired) electrons. The van der Waals surface area contributed by atoms with Crippen molar-refractivity contribution in [1.29, 1.82) is 0 Å². The molecule has 9 heteroatoms. The molecule has 3 fully saturated rings.